The summed E-state index contributed by atoms with van der Waals surface area (Å²) in [6.45, 7) is 17.3. The van der Waals surface area contributed by atoms with Gasteiger partial charge in [-0.25, -0.2) is 0 Å². The Hall–Kier alpha value is -1.05. The number of amides is 1. The lowest BCUT2D eigenvalue weighted by Crippen LogP contribution is -2.47. The summed E-state index contributed by atoms with van der Waals surface area (Å²) in [5, 5.41) is 0. The van der Waals surface area contributed by atoms with Crippen LogP contribution in [0.25, 0.3) is 0 Å². The molecule has 20 heavy (non-hydrogen) atoms. The average molecular weight is 279 g/mol. The molecule has 0 saturated carbocycles. The van der Waals surface area contributed by atoms with Crippen LogP contribution in [0.5, 0.6) is 0 Å². The quantitative estimate of drug-likeness (QED) is 0.629. The van der Waals surface area contributed by atoms with Crippen molar-refractivity contribution in [1.82, 2.24) is 4.90 Å². The normalized spacial score (nSPS) is 12.6. The van der Waals surface area contributed by atoms with Crippen molar-refractivity contribution >= 4 is 5.91 Å². The van der Waals surface area contributed by atoms with Crippen molar-refractivity contribution in [3.63, 3.8) is 0 Å². The van der Waals surface area contributed by atoms with Gasteiger partial charge in [-0.2, -0.15) is 0 Å². The van der Waals surface area contributed by atoms with Crippen molar-refractivity contribution in [3.05, 3.63) is 23.3 Å². The highest BCUT2D eigenvalue weighted by molar-refractivity contribution is 5.79. The third-order valence-electron chi connectivity index (χ3n) is 3.28. The summed E-state index contributed by atoms with van der Waals surface area (Å²) in [4.78, 5) is 14.3. The van der Waals surface area contributed by atoms with Gasteiger partial charge in [-0.15, -0.1) is 0 Å². The number of allylic oxidation sites excluding steroid dienone is 3. The van der Waals surface area contributed by atoms with E-state index in [0.717, 1.165) is 12.8 Å². The van der Waals surface area contributed by atoms with E-state index in [1.54, 1.807) is 0 Å². The molecular formula is C18H33NO. The van der Waals surface area contributed by atoms with Gasteiger partial charge >= 0.3 is 0 Å². The zero-order valence-corrected chi connectivity index (χ0v) is 14.7. The molecule has 116 valence electrons. The molecule has 0 N–H and O–H groups in total. The fourth-order valence-corrected chi connectivity index (χ4v) is 1.94. The summed E-state index contributed by atoms with van der Waals surface area (Å²) < 4.78 is 0. The second kappa shape index (κ2) is 8.28. The van der Waals surface area contributed by atoms with Gasteiger partial charge in [0.25, 0.3) is 0 Å². The molecule has 0 unspecified atom stereocenters. The van der Waals surface area contributed by atoms with E-state index in [-0.39, 0.29) is 17.4 Å². The van der Waals surface area contributed by atoms with Crippen LogP contribution >= 0.6 is 0 Å². The van der Waals surface area contributed by atoms with E-state index in [2.05, 4.69) is 53.7 Å². The minimum absolute atomic E-state index is 0.0496. The zero-order valence-electron chi connectivity index (χ0n) is 14.7. The Morgan fingerprint density at radius 3 is 2.05 bits per heavy atom. The van der Waals surface area contributed by atoms with E-state index in [9.17, 15) is 4.79 Å². The predicted molar refractivity (Wildman–Crippen MR) is 88.7 cm³/mol. The molecule has 0 aliphatic heterocycles. The van der Waals surface area contributed by atoms with Gasteiger partial charge in [-0.3, -0.25) is 4.79 Å². The lowest BCUT2D eigenvalue weighted by atomic mass is 10.0. The van der Waals surface area contributed by atoms with Crippen LogP contribution < -0.4 is 0 Å². The summed E-state index contributed by atoms with van der Waals surface area (Å²) >= 11 is 0. The standard InChI is InChI=1S/C18H33NO/c1-14(2)10-9-11-16(5)12-13-19(18(6,7)8)17(20)15(3)4/h10,12,15H,9,11,13H2,1-8H3. The zero-order chi connectivity index (χ0) is 15.9. The van der Waals surface area contributed by atoms with Crippen molar-refractivity contribution in [2.24, 2.45) is 5.92 Å². The molecule has 0 saturated heterocycles. The Kier molecular flexibility index (Phi) is 7.85. The number of rotatable bonds is 6. The topological polar surface area (TPSA) is 20.3 Å². The number of carbonyl (C=O) groups is 1. The van der Waals surface area contributed by atoms with Crippen LogP contribution in [-0.2, 0) is 4.79 Å². The van der Waals surface area contributed by atoms with Crippen LogP contribution in [0, 0.1) is 5.92 Å². The Morgan fingerprint density at radius 1 is 1.10 bits per heavy atom. The predicted octanol–water partition coefficient (Wildman–Crippen LogP) is 4.96. The molecule has 0 rings (SSSR count). The average Bonchev–Trinajstić information content (AvgIpc) is 2.26. The fourth-order valence-electron chi connectivity index (χ4n) is 1.94. The summed E-state index contributed by atoms with van der Waals surface area (Å²) in [6, 6.07) is 0. The minimum atomic E-state index is -0.127. The molecule has 0 atom stereocenters. The molecule has 0 fully saturated rings. The minimum Gasteiger partial charge on any atom is -0.334 e. The van der Waals surface area contributed by atoms with Crippen LogP contribution in [0.4, 0.5) is 0 Å². The largest absolute Gasteiger partial charge is 0.334 e. The maximum absolute atomic E-state index is 12.3. The fraction of sp³-hybridized carbons (Fsp3) is 0.722. The van der Waals surface area contributed by atoms with Gasteiger partial charge in [0.1, 0.15) is 0 Å². The molecule has 2 nitrogen and oxygen atoms in total. The van der Waals surface area contributed by atoms with Crippen molar-refractivity contribution < 1.29 is 4.79 Å². The van der Waals surface area contributed by atoms with Gasteiger partial charge in [-0.05, 0) is 54.4 Å². The molecule has 0 bridgehead atoms. The summed E-state index contributed by atoms with van der Waals surface area (Å²) in [5.41, 5.74) is 2.59. The molecule has 0 aliphatic rings. The molecule has 0 radical (unpaired) electrons. The molecule has 0 heterocycles. The van der Waals surface area contributed by atoms with Gasteiger partial charge in [0.15, 0.2) is 0 Å². The van der Waals surface area contributed by atoms with Crippen LogP contribution in [0.1, 0.15) is 68.2 Å². The van der Waals surface area contributed by atoms with Crippen molar-refractivity contribution in [1.29, 1.82) is 0 Å². The first-order valence-electron chi connectivity index (χ1n) is 7.66. The first kappa shape index (κ1) is 18.9. The molecule has 2 heteroatoms. The van der Waals surface area contributed by atoms with Crippen molar-refractivity contribution in [2.45, 2.75) is 73.8 Å². The first-order valence-corrected chi connectivity index (χ1v) is 7.66. The summed E-state index contributed by atoms with van der Waals surface area (Å²) in [6.07, 6.45) is 6.61. The van der Waals surface area contributed by atoms with Crippen molar-refractivity contribution in [3.8, 4) is 0 Å². The molecule has 0 aromatic carbocycles. The lowest BCUT2D eigenvalue weighted by Gasteiger charge is -2.36. The first-order chi connectivity index (χ1) is 9.05. The maximum Gasteiger partial charge on any atom is 0.225 e. The van der Waals surface area contributed by atoms with E-state index in [4.69, 9.17) is 0 Å². The SMILES string of the molecule is CC(C)=CCCC(C)=CCN(C(=O)C(C)C)C(C)(C)C. The molecule has 0 aromatic rings. The Labute approximate surface area is 125 Å². The number of hydrogen-bond donors (Lipinski definition) is 0. The van der Waals surface area contributed by atoms with E-state index < -0.39 is 0 Å². The van der Waals surface area contributed by atoms with Crippen LogP contribution in [0.2, 0.25) is 0 Å². The monoisotopic (exact) mass is 279 g/mol. The van der Waals surface area contributed by atoms with Gasteiger partial charge in [0.05, 0.1) is 0 Å². The molecule has 0 spiro atoms. The molecular weight excluding hydrogens is 246 g/mol. The van der Waals surface area contributed by atoms with E-state index in [1.807, 2.05) is 18.7 Å². The smallest absolute Gasteiger partial charge is 0.225 e. The second-order valence-corrected chi connectivity index (χ2v) is 7.14. The van der Waals surface area contributed by atoms with Gasteiger partial charge in [0, 0.05) is 18.0 Å². The highest BCUT2D eigenvalue weighted by Gasteiger charge is 2.26. The molecule has 0 aromatic heterocycles. The highest BCUT2D eigenvalue weighted by atomic mass is 16.2. The van der Waals surface area contributed by atoms with E-state index in [1.165, 1.54) is 11.1 Å². The van der Waals surface area contributed by atoms with Crippen LogP contribution in [0.15, 0.2) is 23.3 Å². The number of hydrogen-bond acceptors (Lipinski definition) is 1. The van der Waals surface area contributed by atoms with E-state index in [0.29, 0.717) is 6.54 Å². The highest BCUT2D eigenvalue weighted by Crippen LogP contribution is 2.17. The van der Waals surface area contributed by atoms with Crippen molar-refractivity contribution in [2.75, 3.05) is 6.54 Å². The lowest BCUT2D eigenvalue weighted by molar-refractivity contribution is -0.138. The van der Waals surface area contributed by atoms with Crippen LogP contribution in [-0.4, -0.2) is 22.9 Å². The Bertz CT molecular complexity index is 365. The maximum atomic E-state index is 12.3. The van der Waals surface area contributed by atoms with Gasteiger partial charge in [0.2, 0.25) is 5.91 Å². The third kappa shape index (κ3) is 7.52. The Morgan fingerprint density at radius 2 is 1.65 bits per heavy atom. The second-order valence-electron chi connectivity index (χ2n) is 7.14. The number of nitrogens with zero attached hydrogens (tertiary/aromatic N) is 1. The molecule has 1 amide bonds. The molecule has 0 aliphatic carbocycles. The van der Waals surface area contributed by atoms with Gasteiger partial charge < -0.3 is 4.90 Å². The van der Waals surface area contributed by atoms with Gasteiger partial charge in [-0.1, -0.05) is 37.1 Å². The third-order valence-corrected chi connectivity index (χ3v) is 3.28. The summed E-state index contributed by atoms with van der Waals surface area (Å²) in [7, 11) is 0. The van der Waals surface area contributed by atoms with E-state index >= 15 is 0 Å². The Balaban J connectivity index is 4.68. The van der Waals surface area contributed by atoms with Crippen LogP contribution in [0.3, 0.4) is 0 Å². The number of carbonyl (C=O) groups excluding carboxylic acids is 1. The summed E-state index contributed by atoms with van der Waals surface area (Å²) in [5.74, 6) is 0.277.